The van der Waals surface area contributed by atoms with Crippen molar-refractivity contribution >= 4 is 5.97 Å². The Labute approximate surface area is 100 Å². The fourth-order valence-electron chi connectivity index (χ4n) is 1.90. The van der Waals surface area contributed by atoms with Crippen molar-refractivity contribution in [3.05, 3.63) is 24.0 Å². The van der Waals surface area contributed by atoms with Crippen LogP contribution in [0.1, 0.15) is 23.3 Å². The molecule has 0 amide bonds. The van der Waals surface area contributed by atoms with E-state index in [4.69, 9.17) is 9.84 Å². The fourth-order valence-corrected chi connectivity index (χ4v) is 1.90. The minimum absolute atomic E-state index is 0.0235. The normalized spacial score (nSPS) is 17.9. The van der Waals surface area contributed by atoms with Gasteiger partial charge in [-0.3, -0.25) is 0 Å². The molecule has 1 fully saturated rings. The lowest BCUT2D eigenvalue weighted by Crippen LogP contribution is -2.35. The molecule has 0 radical (unpaired) electrons. The van der Waals surface area contributed by atoms with E-state index in [1.807, 2.05) is 0 Å². The van der Waals surface area contributed by atoms with Crippen molar-refractivity contribution in [1.82, 2.24) is 9.88 Å². The van der Waals surface area contributed by atoms with Crippen LogP contribution in [-0.2, 0) is 0 Å². The Morgan fingerprint density at radius 2 is 2.24 bits per heavy atom. The molecule has 17 heavy (non-hydrogen) atoms. The molecule has 2 rings (SSSR count). The van der Waals surface area contributed by atoms with Gasteiger partial charge >= 0.3 is 5.97 Å². The SMILES string of the molecule is CN1CCC(Oc2ccnc(C(=O)O)c2)CC1. The molecule has 5 nitrogen and oxygen atoms in total. The van der Waals surface area contributed by atoms with Crippen molar-refractivity contribution in [3.63, 3.8) is 0 Å². The zero-order chi connectivity index (χ0) is 12.3. The summed E-state index contributed by atoms with van der Waals surface area (Å²) in [5.41, 5.74) is 0.0235. The van der Waals surface area contributed by atoms with Crippen molar-refractivity contribution in [2.24, 2.45) is 0 Å². The van der Waals surface area contributed by atoms with Crippen LogP contribution >= 0.6 is 0 Å². The fraction of sp³-hybridized carbons (Fsp3) is 0.500. The van der Waals surface area contributed by atoms with Gasteiger partial charge in [-0.05, 0) is 26.0 Å². The summed E-state index contributed by atoms with van der Waals surface area (Å²) < 4.78 is 5.76. The number of pyridine rings is 1. The Morgan fingerprint density at radius 3 is 2.88 bits per heavy atom. The molecule has 1 saturated heterocycles. The number of nitrogens with zero attached hydrogens (tertiary/aromatic N) is 2. The van der Waals surface area contributed by atoms with E-state index in [1.165, 1.54) is 12.3 Å². The quantitative estimate of drug-likeness (QED) is 0.855. The molecule has 0 aliphatic carbocycles. The lowest BCUT2D eigenvalue weighted by atomic mass is 10.1. The Balaban J connectivity index is 1.98. The van der Waals surface area contributed by atoms with E-state index in [0.717, 1.165) is 25.9 Å². The van der Waals surface area contributed by atoms with Gasteiger partial charge in [0.2, 0.25) is 0 Å². The number of hydrogen-bond acceptors (Lipinski definition) is 4. The number of piperidine rings is 1. The monoisotopic (exact) mass is 236 g/mol. The summed E-state index contributed by atoms with van der Waals surface area (Å²) in [6, 6.07) is 3.17. The first-order valence-electron chi connectivity index (χ1n) is 5.69. The molecule has 0 aromatic carbocycles. The van der Waals surface area contributed by atoms with E-state index in [9.17, 15) is 4.79 Å². The highest BCUT2D eigenvalue weighted by atomic mass is 16.5. The Kier molecular flexibility index (Phi) is 3.58. The number of carbonyl (C=O) groups is 1. The molecule has 0 unspecified atom stereocenters. The number of carboxylic acids is 1. The number of likely N-dealkylation sites (tertiary alicyclic amines) is 1. The first-order chi connectivity index (χ1) is 8.15. The predicted octanol–water partition coefficient (Wildman–Crippen LogP) is 1.25. The Hall–Kier alpha value is -1.62. The second kappa shape index (κ2) is 5.14. The van der Waals surface area contributed by atoms with Crippen LogP contribution in [0.25, 0.3) is 0 Å². The van der Waals surface area contributed by atoms with Gasteiger partial charge in [-0.15, -0.1) is 0 Å². The summed E-state index contributed by atoms with van der Waals surface area (Å²) in [6.45, 7) is 2.03. The van der Waals surface area contributed by atoms with Gasteiger partial charge in [-0.1, -0.05) is 0 Å². The molecule has 1 aromatic rings. The highest BCUT2D eigenvalue weighted by Gasteiger charge is 2.18. The van der Waals surface area contributed by atoms with Gasteiger partial charge in [0.1, 0.15) is 11.9 Å². The number of hydrogen-bond donors (Lipinski definition) is 1. The average Bonchev–Trinajstić information content (AvgIpc) is 2.32. The maximum absolute atomic E-state index is 10.8. The topological polar surface area (TPSA) is 62.7 Å². The molecule has 1 aliphatic heterocycles. The highest BCUT2D eigenvalue weighted by Crippen LogP contribution is 2.18. The van der Waals surface area contributed by atoms with Gasteiger partial charge in [-0.25, -0.2) is 9.78 Å². The summed E-state index contributed by atoms with van der Waals surface area (Å²) >= 11 is 0. The van der Waals surface area contributed by atoms with Crippen molar-refractivity contribution in [2.75, 3.05) is 20.1 Å². The van der Waals surface area contributed by atoms with Crippen LogP contribution in [0.15, 0.2) is 18.3 Å². The van der Waals surface area contributed by atoms with E-state index < -0.39 is 5.97 Å². The number of rotatable bonds is 3. The summed E-state index contributed by atoms with van der Waals surface area (Å²) in [5.74, 6) is -0.439. The molecular formula is C12H16N2O3. The molecule has 1 N–H and O–H groups in total. The van der Waals surface area contributed by atoms with Crippen molar-refractivity contribution in [2.45, 2.75) is 18.9 Å². The van der Waals surface area contributed by atoms with Crippen LogP contribution in [0.4, 0.5) is 0 Å². The van der Waals surface area contributed by atoms with Crippen molar-refractivity contribution in [1.29, 1.82) is 0 Å². The highest BCUT2D eigenvalue weighted by molar-refractivity contribution is 5.85. The maximum Gasteiger partial charge on any atom is 0.354 e. The minimum atomic E-state index is -1.03. The summed E-state index contributed by atoms with van der Waals surface area (Å²) in [7, 11) is 2.09. The van der Waals surface area contributed by atoms with Crippen molar-refractivity contribution in [3.8, 4) is 5.75 Å². The molecule has 1 aromatic heterocycles. The number of ether oxygens (including phenoxy) is 1. The first-order valence-corrected chi connectivity index (χ1v) is 5.69. The lowest BCUT2D eigenvalue weighted by molar-refractivity contribution is 0.0688. The molecule has 92 valence electrons. The molecule has 0 bridgehead atoms. The number of aromatic carboxylic acids is 1. The minimum Gasteiger partial charge on any atom is -0.490 e. The zero-order valence-corrected chi connectivity index (χ0v) is 9.80. The van der Waals surface area contributed by atoms with Crippen molar-refractivity contribution < 1.29 is 14.6 Å². The molecule has 0 spiro atoms. The van der Waals surface area contributed by atoms with E-state index in [0.29, 0.717) is 5.75 Å². The lowest BCUT2D eigenvalue weighted by Gasteiger charge is -2.29. The second-order valence-electron chi connectivity index (χ2n) is 4.30. The summed E-state index contributed by atoms with van der Waals surface area (Å²) in [5, 5.41) is 8.83. The maximum atomic E-state index is 10.8. The Morgan fingerprint density at radius 1 is 1.53 bits per heavy atom. The van der Waals surface area contributed by atoms with Crippen LogP contribution < -0.4 is 4.74 Å². The van der Waals surface area contributed by atoms with Gasteiger partial charge in [0, 0.05) is 25.4 Å². The molecule has 0 atom stereocenters. The standard InChI is InChI=1S/C12H16N2O3/c1-14-6-3-9(4-7-14)17-10-2-5-13-11(8-10)12(15)16/h2,5,8-9H,3-4,6-7H2,1H3,(H,15,16). The number of carboxylic acid groups (broad SMARTS) is 1. The van der Waals surface area contributed by atoms with Crippen LogP contribution in [0.2, 0.25) is 0 Å². The summed E-state index contributed by atoms with van der Waals surface area (Å²) in [6.07, 6.45) is 3.59. The van der Waals surface area contributed by atoms with E-state index >= 15 is 0 Å². The number of aromatic nitrogens is 1. The third-order valence-corrected chi connectivity index (χ3v) is 2.92. The largest absolute Gasteiger partial charge is 0.490 e. The third kappa shape index (κ3) is 3.17. The zero-order valence-electron chi connectivity index (χ0n) is 9.80. The smallest absolute Gasteiger partial charge is 0.354 e. The van der Waals surface area contributed by atoms with Gasteiger partial charge in [-0.2, -0.15) is 0 Å². The average molecular weight is 236 g/mol. The molecule has 1 aliphatic rings. The first kappa shape index (κ1) is 11.9. The van der Waals surface area contributed by atoms with Crippen LogP contribution in [0.3, 0.4) is 0 Å². The van der Waals surface area contributed by atoms with E-state index in [-0.39, 0.29) is 11.8 Å². The van der Waals surface area contributed by atoms with Crippen LogP contribution in [0, 0.1) is 0 Å². The van der Waals surface area contributed by atoms with E-state index in [2.05, 4.69) is 16.9 Å². The van der Waals surface area contributed by atoms with Gasteiger partial charge in [0.05, 0.1) is 0 Å². The predicted molar refractivity (Wildman–Crippen MR) is 62.3 cm³/mol. The van der Waals surface area contributed by atoms with Gasteiger partial charge in [0.15, 0.2) is 5.69 Å². The van der Waals surface area contributed by atoms with Crippen LogP contribution in [0.5, 0.6) is 5.75 Å². The summed E-state index contributed by atoms with van der Waals surface area (Å²) in [4.78, 5) is 16.8. The molecule has 0 saturated carbocycles. The molecule has 2 heterocycles. The second-order valence-corrected chi connectivity index (χ2v) is 4.30. The van der Waals surface area contributed by atoms with Gasteiger partial charge in [0.25, 0.3) is 0 Å². The van der Waals surface area contributed by atoms with Gasteiger partial charge < -0.3 is 14.7 Å². The molecule has 5 heteroatoms. The van der Waals surface area contributed by atoms with E-state index in [1.54, 1.807) is 6.07 Å². The Bertz CT molecular complexity index is 400. The third-order valence-electron chi connectivity index (χ3n) is 2.92. The van der Waals surface area contributed by atoms with Crippen LogP contribution in [-0.4, -0.2) is 47.2 Å². The molecular weight excluding hydrogens is 220 g/mol.